The zero-order valence-corrected chi connectivity index (χ0v) is 25.7. The van der Waals surface area contributed by atoms with Crippen LogP contribution in [0.3, 0.4) is 0 Å². The van der Waals surface area contributed by atoms with Gasteiger partial charge in [0.15, 0.2) is 0 Å². The summed E-state index contributed by atoms with van der Waals surface area (Å²) in [6, 6.07) is 9.49. The number of anilines is 2. The number of piperazine rings is 1. The highest BCUT2D eigenvalue weighted by atomic mass is 32.2. The maximum absolute atomic E-state index is 13.8. The second-order valence-corrected chi connectivity index (χ2v) is 10.8. The predicted octanol–water partition coefficient (Wildman–Crippen LogP) is 4.18. The molecule has 0 bridgehead atoms. The van der Waals surface area contributed by atoms with Gasteiger partial charge >= 0.3 is 6.18 Å². The lowest BCUT2D eigenvalue weighted by Gasteiger charge is -2.38. The van der Waals surface area contributed by atoms with Crippen LogP contribution in [-0.2, 0) is 28.6 Å². The van der Waals surface area contributed by atoms with E-state index >= 15 is 0 Å². The molecule has 3 N–H and O–H groups in total. The third-order valence-corrected chi connectivity index (χ3v) is 8.15. The summed E-state index contributed by atoms with van der Waals surface area (Å²) in [6.45, 7) is 6.34. The monoisotopic (exact) mass is 631 g/mol. The first-order valence-corrected chi connectivity index (χ1v) is 15.4. The number of para-hydroxylation sites is 1. The van der Waals surface area contributed by atoms with Gasteiger partial charge in [0.25, 0.3) is 11.8 Å². The van der Waals surface area contributed by atoms with Crippen LogP contribution in [0, 0.1) is 0 Å². The summed E-state index contributed by atoms with van der Waals surface area (Å²) in [5, 5.41) is 10.5. The zero-order valence-electron chi connectivity index (χ0n) is 24.9. The van der Waals surface area contributed by atoms with Crippen molar-refractivity contribution in [3.05, 3.63) is 70.0 Å². The molecule has 14 heteroatoms. The Morgan fingerprint density at radius 1 is 1.00 bits per heavy atom. The number of rotatable bonds is 11. The molecule has 0 aromatic heterocycles. The number of hydrogen-bond acceptors (Lipinski definition) is 8. The van der Waals surface area contributed by atoms with Gasteiger partial charge in [0, 0.05) is 57.6 Å². The Balaban J connectivity index is 1.46. The number of carbonyl (C=O) groups is 3. The lowest BCUT2D eigenvalue weighted by atomic mass is 9.83. The second-order valence-electron chi connectivity index (χ2n) is 10.2. The van der Waals surface area contributed by atoms with E-state index in [1.54, 1.807) is 18.0 Å². The molecule has 1 saturated heterocycles. The molecule has 2 aliphatic rings. The summed E-state index contributed by atoms with van der Waals surface area (Å²) >= 11 is 1.40. The van der Waals surface area contributed by atoms with Gasteiger partial charge in [-0.2, -0.15) is 18.3 Å². The smallest absolute Gasteiger partial charge is 0.390 e. The molecule has 1 heterocycles. The molecule has 4 rings (SSSR count). The SMILES string of the molecule is C=NN(CC(=O)Nc1ccc(C(F)(F)F)c2c1CC2)C(=O)/C(=C(/CC)NC)N1CCN(C(=O)c2ccccc2NSC)CC1. The van der Waals surface area contributed by atoms with Gasteiger partial charge in [0.1, 0.15) is 12.2 Å². The van der Waals surface area contributed by atoms with Crippen molar-refractivity contribution >= 4 is 47.8 Å². The summed E-state index contributed by atoms with van der Waals surface area (Å²) in [4.78, 5) is 43.7. The Kier molecular flexibility index (Phi) is 10.4. The molecule has 2 aromatic carbocycles. The van der Waals surface area contributed by atoms with Crippen LogP contribution in [0.4, 0.5) is 24.5 Å². The molecule has 0 saturated carbocycles. The van der Waals surface area contributed by atoms with Gasteiger partial charge in [0.05, 0.1) is 16.8 Å². The normalized spacial score (nSPS) is 15.0. The number of benzene rings is 2. The Bertz CT molecular complexity index is 1450. The Morgan fingerprint density at radius 2 is 1.66 bits per heavy atom. The molecule has 1 aliphatic carbocycles. The van der Waals surface area contributed by atoms with E-state index in [0.29, 0.717) is 61.5 Å². The molecule has 0 spiro atoms. The van der Waals surface area contributed by atoms with E-state index in [0.717, 1.165) is 16.8 Å². The lowest BCUT2D eigenvalue weighted by Crippen LogP contribution is -2.51. The second kappa shape index (κ2) is 14.1. The molecule has 0 unspecified atom stereocenters. The fourth-order valence-corrected chi connectivity index (χ4v) is 5.84. The number of amides is 3. The number of halogens is 3. The minimum Gasteiger partial charge on any atom is -0.390 e. The lowest BCUT2D eigenvalue weighted by molar-refractivity contribution is -0.138. The van der Waals surface area contributed by atoms with E-state index in [1.165, 1.54) is 18.0 Å². The van der Waals surface area contributed by atoms with Gasteiger partial charge in [-0.3, -0.25) is 14.4 Å². The quantitative estimate of drug-likeness (QED) is 0.148. The van der Waals surface area contributed by atoms with Crippen molar-refractivity contribution in [2.24, 2.45) is 5.10 Å². The highest BCUT2D eigenvalue weighted by Gasteiger charge is 2.37. The number of carbonyl (C=O) groups excluding carboxylic acids is 3. The van der Waals surface area contributed by atoms with E-state index in [2.05, 4.69) is 27.2 Å². The van der Waals surface area contributed by atoms with E-state index in [-0.39, 0.29) is 23.6 Å². The van der Waals surface area contributed by atoms with Crippen LogP contribution in [0.1, 0.15) is 40.4 Å². The molecule has 44 heavy (non-hydrogen) atoms. The van der Waals surface area contributed by atoms with Crippen LogP contribution >= 0.6 is 11.9 Å². The maximum atomic E-state index is 13.8. The highest BCUT2D eigenvalue weighted by molar-refractivity contribution is 7.99. The van der Waals surface area contributed by atoms with E-state index in [1.807, 2.05) is 36.3 Å². The van der Waals surface area contributed by atoms with Crippen LogP contribution in [0.5, 0.6) is 0 Å². The standard InChI is InChI=1S/C30H36F3N7O3S/c1-5-23(34-2)27(38-14-16-39(17-15-38)28(42)21-8-6-7-9-25(21)37-44-4)29(43)40(35-3)18-26(41)36-24-13-12-22(30(31,32)33)19-10-11-20(19)24/h6-9,12-13,34,37H,3,5,10-11,14-18H2,1-2,4H3,(H,36,41)/b27-23+. The summed E-state index contributed by atoms with van der Waals surface area (Å²) in [7, 11) is 1.70. The number of allylic oxidation sites excluding steroid dienone is 1. The van der Waals surface area contributed by atoms with Gasteiger partial charge in [-0.15, -0.1) is 0 Å². The number of hydrogen-bond donors (Lipinski definition) is 3. The topological polar surface area (TPSA) is 109 Å². The summed E-state index contributed by atoms with van der Waals surface area (Å²) in [5.74, 6) is -1.29. The van der Waals surface area contributed by atoms with Crippen LogP contribution in [0.2, 0.25) is 0 Å². The minimum absolute atomic E-state index is 0.118. The average Bonchev–Trinajstić information content (AvgIpc) is 2.98. The van der Waals surface area contributed by atoms with Crippen molar-refractivity contribution in [3.63, 3.8) is 0 Å². The highest BCUT2D eigenvalue weighted by Crippen LogP contribution is 2.41. The predicted molar refractivity (Wildman–Crippen MR) is 166 cm³/mol. The first-order valence-electron chi connectivity index (χ1n) is 14.2. The summed E-state index contributed by atoms with van der Waals surface area (Å²) in [6.07, 6.45) is -1.41. The molecule has 1 fully saturated rings. The van der Waals surface area contributed by atoms with Crippen LogP contribution in [-0.4, -0.2) is 85.3 Å². The van der Waals surface area contributed by atoms with Crippen molar-refractivity contribution in [2.45, 2.75) is 32.4 Å². The zero-order chi connectivity index (χ0) is 32.0. The molecule has 2 aromatic rings. The number of nitrogens with one attached hydrogen (secondary N) is 3. The van der Waals surface area contributed by atoms with E-state index in [9.17, 15) is 27.6 Å². The minimum atomic E-state index is -4.47. The molecule has 0 atom stereocenters. The fraction of sp³-hybridized carbons (Fsp3) is 0.400. The summed E-state index contributed by atoms with van der Waals surface area (Å²) < 4.78 is 43.1. The molecular weight excluding hydrogens is 595 g/mol. The van der Waals surface area contributed by atoms with Gasteiger partial charge < -0.3 is 25.2 Å². The van der Waals surface area contributed by atoms with Crippen molar-refractivity contribution in [1.29, 1.82) is 0 Å². The first-order chi connectivity index (χ1) is 21.0. The third kappa shape index (κ3) is 6.95. The fourth-order valence-electron chi connectivity index (χ4n) is 5.44. The number of hydrazone groups is 1. The molecule has 10 nitrogen and oxygen atoms in total. The maximum Gasteiger partial charge on any atom is 0.416 e. The van der Waals surface area contributed by atoms with Gasteiger partial charge in [-0.05, 0) is 54.7 Å². The van der Waals surface area contributed by atoms with Gasteiger partial charge in [-0.25, -0.2) is 5.01 Å². The Hall–Kier alpha value is -4.20. The van der Waals surface area contributed by atoms with Crippen molar-refractivity contribution in [2.75, 3.05) is 56.1 Å². The van der Waals surface area contributed by atoms with Crippen LogP contribution in [0.25, 0.3) is 0 Å². The van der Waals surface area contributed by atoms with Crippen LogP contribution in [0.15, 0.2) is 52.9 Å². The number of alkyl halides is 3. The largest absolute Gasteiger partial charge is 0.416 e. The molecule has 0 radical (unpaired) electrons. The number of fused-ring (bicyclic) bond motifs is 1. The first kappa shape index (κ1) is 32.7. The van der Waals surface area contributed by atoms with E-state index < -0.39 is 30.1 Å². The third-order valence-electron chi connectivity index (χ3n) is 7.73. The van der Waals surface area contributed by atoms with E-state index in [4.69, 9.17) is 0 Å². The van der Waals surface area contributed by atoms with Crippen molar-refractivity contribution in [3.8, 4) is 0 Å². The Morgan fingerprint density at radius 3 is 2.23 bits per heavy atom. The van der Waals surface area contributed by atoms with Gasteiger partial charge in [-0.1, -0.05) is 31.0 Å². The summed E-state index contributed by atoms with van der Waals surface area (Å²) in [5.41, 5.74) is 2.44. The molecule has 236 valence electrons. The van der Waals surface area contributed by atoms with Crippen molar-refractivity contribution < 1.29 is 27.6 Å². The molecule has 3 amide bonds. The number of nitrogens with zero attached hydrogens (tertiary/aromatic N) is 4. The van der Waals surface area contributed by atoms with Gasteiger partial charge in [0.2, 0.25) is 5.91 Å². The Labute approximate surface area is 258 Å². The molecular formula is C30H36F3N7O3S. The van der Waals surface area contributed by atoms with Crippen LogP contribution < -0.4 is 15.4 Å². The average molecular weight is 632 g/mol. The molecule has 1 aliphatic heterocycles. The van der Waals surface area contributed by atoms with Crippen molar-refractivity contribution in [1.82, 2.24) is 20.1 Å².